The average Bonchev–Trinajstić information content (AvgIpc) is 2.61. The van der Waals surface area contributed by atoms with Crippen LogP contribution in [0.2, 0.25) is 5.02 Å². The molecule has 1 aromatic carbocycles. The van der Waals surface area contributed by atoms with Crippen molar-refractivity contribution in [3.63, 3.8) is 0 Å². The highest BCUT2D eigenvalue weighted by Gasteiger charge is 2.29. The second-order valence-corrected chi connectivity index (χ2v) is 6.07. The summed E-state index contributed by atoms with van der Waals surface area (Å²) in [5.41, 5.74) is 7.38. The predicted molar refractivity (Wildman–Crippen MR) is 82.3 cm³/mol. The Labute approximate surface area is 119 Å². The van der Waals surface area contributed by atoms with E-state index in [2.05, 4.69) is 19.2 Å². The SMILES string of the molecule is CC1CCC(Nc2ccc(C(N)=S)c(Cl)c2)C1C. The van der Waals surface area contributed by atoms with Crippen LogP contribution in [0.1, 0.15) is 32.3 Å². The maximum absolute atomic E-state index is 6.17. The van der Waals surface area contributed by atoms with Gasteiger partial charge in [-0.2, -0.15) is 0 Å². The molecule has 18 heavy (non-hydrogen) atoms. The van der Waals surface area contributed by atoms with Crippen molar-refractivity contribution in [3.8, 4) is 0 Å². The minimum Gasteiger partial charge on any atom is -0.389 e. The molecule has 1 aromatic rings. The average molecular weight is 283 g/mol. The van der Waals surface area contributed by atoms with E-state index in [1.165, 1.54) is 12.8 Å². The summed E-state index contributed by atoms with van der Waals surface area (Å²) in [6.07, 6.45) is 2.51. The topological polar surface area (TPSA) is 38.0 Å². The molecule has 1 saturated carbocycles. The normalized spacial score (nSPS) is 27.2. The van der Waals surface area contributed by atoms with Gasteiger partial charge in [-0.15, -0.1) is 0 Å². The first-order valence-corrected chi connectivity index (χ1v) is 7.13. The molecule has 4 heteroatoms. The lowest BCUT2D eigenvalue weighted by molar-refractivity contribution is 0.435. The minimum absolute atomic E-state index is 0.342. The van der Waals surface area contributed by atoms with Gasteiger partial charge in [-0.05, 0) is 42.9 Å². The van der Waals surface area contributed by atoms with Gasteiger partial charge in [-0.3, -0.25) is 0 Å². The number of halogens is 1. The molecule has 2 nitrogen and oxygen atoms in total. The van der Waals surface area contributed by atoms with Crippen molar-refractivity contribution in [1.82, 2.24) is 0 Å². The number of hydrogen-bond acceptors (Lipinski definition) is 2. The molecule has 0 aliphatic heterocycles. The summed E-state index contributed by atoms with van der Waals surface area (Å²) >= 11 is 11.1. The lowest BCUT2D eigenvalue weighted by Gasteiger charge is -2.21. The van der Waals surface area contributed by atoms with Gasteiger partial charge < -0.3 is 11.1 Å². The Morgan fingerprint density at radius 1 is 1.39 bits per heavy atom. The second-order valence-electron chi connectivity index (χ2n) is 5.22. The third kappa shape index (κ3) is 2.78. The van der Waals surface area contributed by atoms with E-state index in [1.807, 2.05) is 18.2 Å². The molecule has 0 spiro atoms. The Kier molecular flexibility index (Phi) is 4.13. The summed E-state index contributed by atoms with van der Waals surface area (Å²) in [7, 11) is 0. The fourth-order valence-corrected chi connectivity index (χ4v) is 3.10. The standard InChI is InChI=1S/C14H19ClN2S/c1-8-3-6-13(9(8)2)17-10-4-5-11(14(16)18)12(15)7-10/h4-5,7-9,13,17H,3,6H2,1-2H3,(H2,16,18). The van der Waals surface area contributed by atoms with Gasteiger partial charge in [-0.25, -0.2) is 0 Å². The fourth-order valence-electron chi connectivity index (χ4n) is 2.59. The van der Waals surface area contributed by atoms with Gasteiger partial charge in [-0.1, -0.05) is 37.7 Å². The molecule has 0 aromatic heterocycles. The Hall–Kier alpha value is -0.800. The third-order valence-corrected chi connectivity index (χ3v) is 4.58. The van der Waals surface area contributed by atoms with Gasteiger partial charge in [0.25, 0.3) is 0 Å². The van der Waals surface area contributed by atoms with Crippen LogP contribution in [0.15, 0.2) is 18.2 Å². The molecule has 2 rings (SSSR count). The van der Waals surface area contributed by atoms with Crippen LogP contribution in [0.3, 0.4) is 0 Å². The lowest BCUT2D eigenvalue weighted by atomic mass is 9.97. The zero-order chi connectivity index (χ0) is 13.3. The molecule has 0 heterocycles. The smallest absolute Gasteiger partial charge is 0.105 e. The van der Waals surface area contributed by atoms with E-state index in [0.717, 1.165) is 17.2 Å². The number of benzene rings is 1. The molecule has 1 aliphatic carbocycles. The summed E-state index contributed by atoms with van der Waals surface area (Å²) in [6, 6.07) is 6.32. The monoisotopic (exact) mass is 282 g/mol. The quantitative estimate of drug-likeness (QED) is 0.828. The van der Waals surface area contributed by atoms with Crippen molar-refractivity contribution in [1.29, 1.82) is 0 Å². The van der Waals surface area contributed by atoms with E-state index in [4.69, 9.17) is 29.6 Å². The van der Waals surface area contributed by atoms with Gasteiger partial charge in [0.1, 0.15) is 4.99 Å². The van der Waals surface area contributed by atoms with Crippen LogP contribution in [0.25, 0.3) is 0 Å². The van der Waals surface area contributed by atoms with E-state index in [-0.39, 0.29) is 0 Å². The van der Waals surface area contributed by atoms with Crippen molar-refractivity contribution in [2.75, 3.05) is 5.32 Å². The summed E-state index contributed by atoms with van der Waals surface area (Å²) in [5, 5.41) is 4.18. The number of anilines is 1. The van der Waals surface area contributed by atoms with Crippen LogP contribution in [-0.4, -0.2) is 11.0 Å². The van der Waals surface area contributed by atoms with Gasteiger partial charge in [0.05, 0.1) is 5.02 Å². The first-order chi connectivity index (χ1) is 8.49. The van der Waals surface area contributed by atoms with Gasteiger partial charge in [0, 0.05) is 17.3 Å². The van der Waals surface area contributed by atoms with Gasteiger partial charge in [0.15, 0.2) is 0 Å². The van der Waals surface area contributed by atoms with Crippen molar-refractivity contribution >= 4 is 34.5 Å². The maximum atomic E-state index is 6.17. The molecule has 0 saturated heterocycles. The summed E-state index contributed by atoms with van der Waals surface area (Å²) in [6.45, 7) is 4.62. The lowest BCUT2D eigenvalue weighted by Crippen LogP contribution is -2.24. The zero-order valence-corrected chi connectivity index (χ0v) is 12.3. The first kappa shape index (κ1) is 13.6. The van der Waals surface area contributed by atoms with Crippen LogP contribution in [0, 0.1) is 11.8 Å². The Morgan fingerprint density at radius 3 is 2.61 bits per heavy atom. The zero-order valence-electron chi connectivity index (χ0n) is 10.7. The van der Waals surface area contributed by atoms with E-state index >= 15 is 0 Å². The Balaban J connectivity index is 2.11. The molecule has 3 N–H and O–H groups in total. The van der Waals surface area contributed by atoms with Crippen molar-refractivity contribution in [2.24, 2.45) is 17.6 Å². The van der Waals surface area contributed by atoms with Crippen LogP contribution in [-0.2, 0) is 0 Å². The van der Waals surface area contributed by atoms with E-state index in [0.29, 0.717) is 22.0 Å². The van der Waals surface area contributed by atoms with Crippen molar-refractivity contribution in [2.45, 2.75) is 32.7 Å². The highest BCUT2D eigenvalue weighted by atomic mass is 35.5. The molecule has 98 valence electrons. The van der Waals surface area contributed by atoms with E-state index in [9.17, 15) is 0 Å². The summed E-state index contributed by atoms with van der Waals surface area (Å²) in [4.78, 5) is 0.342. The molecule has 0 amide bonds. The van der Waals surface area contributed by atoms with Gasteiger partial charge in [0.2, 0.25) is 0 Å². The van der Waals surface area contributed by atoms with E-state index < -0.39 is 0 Å². The second kappa shape index (κ2) is 5.45. The summed E-state index contributed by atoms with van der Waals surface area (Å²) in [5.74, 6) is 1.48. The van der Waals surface area contributed by atoms with Crippen molar-refractivity contribution < 1.29 is 0 Å². The molecular weight excluding hydrogens is 264 g/mol. The molecule has 3 unspecified atom stereocenters. The van der Waals surface area contributed by atoms with Crippen LogP contribution in [0.4, 0.5) is 5.69 Å². The van der Waals surface area contributed by atoms with Crippen molar-refractivity contribution in [3.05, 3.63) is 28.8 Å². The van der Waals surface area contributed by atoms with Crippen LogP contribution >= 0.6 is 23.8 Å². The Bertz CT molecular complexity index is 461. The molecule has 0 radical (unpaired) electrons. The fraction of sp³-hybridized carbons (Fsp3) is 0.500. The minimum atomic E-state index is 0.342. The highest BCUT2D eigenvalue weighted by molar-refractivity contribution is 7.80. The molecule has 1 fully saturated rings. The molecule has 1 aliphatic rings. The van der Waals surface area contributed by atoms with E-state index in [1.54, 1.807) is 0 Å². The highest BCUT2D eigenvalue weighted by Crippen LogP contribution is 2.33. The number of hydrogen-bond donors (Lipinski definition) is 2. The molecular formula is C14H19ClN2S. The number of thiocarbonyl (C=S) groups is 1. The van der Waals surface area contributed by atoms with Crippen LogP contribution < -0.4 is 11.1 Å². The number of nitrogens with one attached hydrogen (secondary N) is 1. The number of nitrogens with two attached hydrogens (primary N) is 1. The molecule has 0 bridgehead atoms. The maximum Gasteiger partial charge on any atom is 0.105 e. The largest absolute Gasteiger partial charge is 0.389 e. The third-order valence-electron chi connectivity index (χ3n) is 4.05. The molecule has 3 atom stereocenters. The first-order valence-electron chi connectivity index (χ1n) is 6.35. The number of rotatable bonds is 3. The Morgan fingerprint density at radius 2 is 2.11 bits per heavy atom. The summed E-state index contributed by atoms with van der Waals surface area (Å²) < 4.78 is 0. The van der Waals surface area contributed by atoms with Gasteiger partial charge >= 0.3 is 0 Å². The predicted octanol–water partition coefficient (Wildman–Crippen LogP) is 3.82. The van der Waals surface area contributed by atoms with Crippen LogP contribution in [0.5, 0.6) is 0 Å².